The Morgan fingerprint density at radius 2 is 2.16 bits per heavy atom. The van der Waals surface area contributed by atoms with E-state index < -0.39 is 6.10 Å². The molecule has 1 aromatic carbocycles. The fraction of sp³-hybridized carbons (Fsp3) is 0.625. The first-order chi connectivity index (χ1) is 9.20. The third-order valence-corrected chi connectivity index (χ3v) is 4.01. The van der Waals surface area contributed by atoms with E-state index in [1.807, 2.05) is 31.2 Å². The number of ether oxygens (including phenoxy) is 1. The molecule has 2 rings (SSSR count). The van der Waals surface area contributed by atoms with Crippen molar-refractivity contribution in [2.75, 3.05) is 13.7 Å². The molecule has 106 valence electrons. The SMILES string of the molecule is COC1CCCCC1NCC(O)c1cccc(C)c1. The van der Waals surface area contributed by atoms with Crippen LogP contribution in [0, 0.1) is 6.92 Å². The van der Waals surface area contributed by atoms with Crippen molar-refractivity contribution in [1.82, 2.24) is 5.32 Å². The number of rotatable bonds is 5. The van der Waals surface area contributed by atoms with Gasteiger partial charge in [0.15, 0.2) is 0 Å². The number of aliphatic hydroxyl groups excluding tert-OH is 1. The zero-order chi connectivity index (χ0) is 13.7. The van der Waals surface area contributed by atoms with Crippen molar-refractivity contribution >= 4 is 0 Å². The van der Waals surface area contributed by atoms with Gasteiger partial charge in [0.1, 0.15) is 0 Å². The highest BCUT2D eigenvalue weighted by Crippen LogP contribution is 2.21. The number of methoxy groups -OCH3 is 1. The predicted octanol–water partition coefficient (Wildman–Crippen LogP) is 2.58. The van der Waals surface area contributed by atoms with Crippen LogP contribution in [0.25, 0.3) is 0 Å². The largest absolute Gasteiger partial charge is 0.387 e. The smallest absolute Gasteiger partial charge is 0.0914 e. The second kappa shape index (κ2) is 7.04. The average Bonchev–Trinajstić information content (AvgIpc) is 2.45. The van der Waals surface area contributed by atoms with Crippen molar-refractivity contribution in [2.24, 2.45) is 0 Å². The zero-order valence-corrected chi connectivity index (χ0v) is 11.9. The minimum Gasteiger partial charge on any atom is -0.387 e. The number of nitrogens with one attached hydrogen (secondary N) is 1. The van der Waals surface area contributed by atoms with Crippen LogP contribution in [-0.4, -0.2) is 30.9 Å². The molecule has 0 radical (unpaired) electrons. The Hall–Kier alpha value is -0.900. The van der Waals surface area contributed by atoms with E-state index in [1.165, 1.54) is 18.4 Å². The minimum absolute atomic E-state index is 0.290. The fourth-order valence-electron chi connectivity index (χ4n) is 2.87. The number of hydrogen-bond acceptors (Lipinski definition) is 3. The molecule has 0 spiro atoms. The maximum Gasteiger partial charge on any atom is 0.0914 e. The maximum absolute atomic E-state index is 10.2. The van der Waals surface area contributed by atoms with Gasteiger partial charge >= 0.3 is 0 Å². The lowest BCUT2D eigenvalue weighted by molar-refractivity contribution is 0.0365. The third-order valence-electron chi connectivity index (χ3n) is 4.01. The molecule has 1 aliphatic rings. The van der Waals surface area contributed by atoms with Gasteiger partial charge in [-0.15, -0.1) is 0 Å². The molecule has 2 N–H and O–H groups in total. The Morgan fingerprint density at radius 3 is 2.89 bits per heavy atom. The lowest BCUT2D eigenvalue weighted by Gasteiger charge is -2.32. The monoisotopic (exact) mass is 263 g/mol. The van der Waals surface area contributed by atoms with Crippen LogP contribution in [0.3, 0.4) is 0 Å². The van der Waals surface area contributed by atoms with E-state index in [2.05, 4.69) is 5.32 Å². The van der Waals surface area contributed by atoms with Crippen LogP contribution < -0.4 is 5.32 Å². The van der Waals surface area contributed by atoms with Crippen LogP contribution in [0.2, 0.25) is 0 Å². The highest BCUT2D eigenvalue weighted by Gasteiger charge is 2.25. The van der Waals surface area contributed by atoms with E-state index in [0.717, 1.165) is 18.4 Å². The van der Waals surface area contributed by atoms with Crippen LogP contribution in [-0.2, 0) is 4.74 Å². The standard InChI is InChI=1S/C16H25NO2/c1-12-6-5-7-13(10-12)15(18)11-17-14-8-3-4-9-16(14)19-2/h5-7,10,14-18H,3-4,8-9,11H2,1-2H3. The van der Waals surface area contributed by atoms with Gasteiger partial charge in [0.25, 0.3) is 0 Å². The molecule has 0 heterocycles. The van der Waals surface area contributed by atoms with Crippen molar-refractivity contribution in [2.45, 2.75) is 50.9 Å². The topological polar surface area (TPSA) is 41.5 Å². The van der Waals surface area contributed by atoms with Gasteiger partial charge in [-0.25, -0.2) is 0 Å². The fourth-order valence-corrected chi connectivity index (χ4v) is 2.87. The predicted molar refractivity (Wildman–Crippen MR) is 77.2 cm³/mol. The molecule has 1 aliphatic carbocycles. The summed E-state index contributed by atoms with van der Waals surface area (Å²) in [6.45, 7) is 2.64. The van der Waals surface area contributed by atoms with Crippen LogP contribution in [0.4, 0.5) is 0 Å². The van der Waals surface area contributed by atoms with Crippen molar-refractivity contribution in [3.05, 3.63) is 35.4 Å². The lowest BCUT2D eigenvalue weighted by Crippen LogP contribution is -2.44. The van der Waals surface area contributed by atoms with E-state index in [0.29, 0.717) is 18.7 Å². The van der Waals surface area contributed by atoms with Gasteiger partial charge in [0.05, 0.1) is 12.2 Å². The molecule has 3 atom stereocenters. The molecule has 3 heteroatoms. The maximum atomic E-state index is 10.2. The summed E-state index contributed by atoms with van der Waals surface area (Å²) in [6, 6.07) is 8.44. The number of benzene rings is 1. The molecule has 0 aromatic heterocycles. The molecule has 3 nitrogen and oxygen atoms in total. The van der Waals surface area contributed by atoms with E-state index in [-0.39, 0.29) is 0 Å². The number of aliphatic hydroxyl groups is 1. The van der Waals surface area contributed by atoms with Crippen molar-refractivity contribution < 1.29 is 9.84 Å². The second-order valence-electron chi connectivity index (χ2n) is 5.50. The highest BCUT2D eigenvalue weighted by molar-refractivity contribution is 5.24. The number of hydrogen-bond donors (Lipinski definition) is 2. The van der Waals surface area contributed by atoms with Crippen LogP contribution in [0.1, 0.15) is 42.9 Å². The van der Waals surface area contributed by atoms with Gasteiger partial charge < -0.3 is 15.2 Å². The minimum atomic E-state index is -0.445. The summed E-state index contributed by atoms with van der Waals surface area (Å²) in [5.41, 5.74) is 2.17. The van der Waals surface area contributed by atoms with E-state index in [1.54, 1.807) is 7.11 Å². The van der Waals surface area contributed by atoms with E-state index in [4.69, 9.17) is 4.74 Å². The van der Waals surface area contributed by atoms with Crippen molar-refractivity contribution in [3.8, 4) is 0 Å². The highest BCUT2D eigenvalue weighted by atomic mass is 16.5. The molecule has 0 bridgehead atoms. The normalized spacial score (nSPS) is 25.2. The van der Waals surface area contributed by atoms with Crippen LogP contribution >= 0.6 is 0 Å². The Balaban J connectivity index is 1.87. The third kappa shape index (κ3) is 4.03. The molecular weight excluding hydrogens is 238 g/mol. The summed E-state index contributed by atoms with van der Waals surface area (Å²) in [6.07, 6.45) is 4.60. The molecule has 0 amide bonds. The Morgan fingerprint density at radius 1 is 1.37 bits per heavy atom. The van der Waals surface area contributed by atoms with Crippen LogP contribution in [0.15, 0.2) is 24.3 Å². The summed E-state index contributed by atoms with van der Waals surface area (Å²) in [7, 11) is 1.78. The first-order valence-electron chi connectivity index (χ1n) is 7.21. The van der Waals surface area contributed by atoms with E-state index >= 15 is 0 Å². The molecule has 1 saturated carbocycles. The first kappa shape index (κ1) is 14.5. The molecule has 1 aromatic rings. The molecule has 0 saturated heterocycles. The Labute approximate surface area is 116 Å². The Bertz CT molecular complexity index is 394. The summed E-state index contributed by atoms with van der Waals surface area (Å²) >= 11 is 0. The summed E-state index contributed by atoms with van der Waals surface area (Å²) in [4.78, 5) is 0. The average molecular weight is 263 g/mol. The zero-order valence-electron chi connectivity index (χ0n) is 11.9. The quantitative estimate of drug-likeness (QED) is 0.858. The second-order valence-corrected chi connectivity index (χ2v) is 5.50. The summed E-state index contributed by atoms with van der Waals surface area (Å²) < 4.78 is 5.52. The van der Waals surface area contributed by atoms with Gasteiger partial charge in [-0.05, 0) is 25.3 Å². The van der Waals surface area contributed by atoms with Gasteiger partial charge in [-0.3, -0.25) is 0 Å². The van der Waals surface area contributed by atoms with Crippen molar-refractivity contribution in [3.63, 3.8) is 0 Å². The molecule has 19 heavy (non-hydrogen) atoms. The molecule has 3 unspecified atom stereocenters. The molecule has 1 fully saturated rings. The van der Waals surface area contributed by atoms with Gasteiger partial charge in [0, 0.05) is 19.7 Å². The lowest BCUT2D eigenvalue weighted by atomic mass is 9.92. The summed E-state index contributed by atoms with van der Waals surface area (Å²) in [5, 5.41) is 13.7. The summed E-state index contributed by atoms with van der Waals surface area (Å²) in [5.74, 6) is 0. The van der Waals surface area contributed by atoms with Crippen LogP contribution in [0.5, 0.6) is 0 Å². The molecular formula is C16H25NO2. The van der Waals surface area contributed by atoms with Gasteiger partial charge in [0.2, 0.25) is 0 Å². The Kier molecular flexibility index (Phi) is 5.37. The number of aryl methyl sites for hydroxylation is 1. The van der Waals surface area contributed by atoms with Crippen molar-refractivity contribution in [1.29, 1.82) is 0 Å². The van der Waals surface area contributed by atoms with Gasteiger partial charge in [-0.2, -0.15) is 0 Å². The first-order valence-corrected chi connectivity index (χ1v) is 7.21. The molecule has 0 aliphatic heterocycles. The van der Waals surface area contributed by atoms with Gasteiger partial charge in [-0.1, -0.05) is 42.7 Å². The van der Waals surface area contributed by atoms with E-state index in [9.17, 15) is 5.11 Å².